The third-order valence-electron chi connectivity index (χ3n) is 11.1. The molecule has 494 valence electrons. The number of aryl methyl sites for hydroxylation is 1. The molecule has 9 rings (SSSR count). The predicted molar refractivity (Wildman–Crippen MR) is 334 cm³/mol. The van der Waals surface area contributed by atoms with Crippen LogP contribution < -0.4 is 31.6 Å². The van der Waals surface area contributed by atoms with Crippen LogP contribution in [-0.4, -0.2) is 155 Å². The molecule has 0 saturated carbocycles. The Morgan fingerprint density at radius 1 is 0.630 bits per heavy atom. The number of nitrogens with two attached hydrogens (primary N) is 2. The lowest BCUT2D eigenvalue weighted by atomic mass is 10.1. The zero-order valence-corrected chi connectivity index (χ0v) is 53.1. The number of nitro groups is 2. The molecule has 0 spiro atoms. The normalized spacial score (nSPS) is 11.0. The van der Waals surface area contributed by atoms with Gasteiger partial charge in [0.1, 0.15) is 53.9 Å². The number of aliphatic hydroxyl groups excluding tert-OH is 5. The maximum absolute atomic E-state index is 13.8. The van der Waals surface area contributed by atoms with Crippen molar-refractivity contribution in [3.63, 3.8) is 0 Å². The number of nitrogens with one attached hydrogen (secondary N) is 3. The number of benzene rings is 2. The first-order valence-corrected chi connectivity index (χ1v) is 28.9. The second-order valence-corrected chi connectivity index (χ2v) is 20.2. The molecule has 2 amide bonds. The molecular formula is C52H59BrCl4F2N20O13. The van der Waals surface area contributed by atoms with Crippen molar-refractivity contribution >= 4 is 108 Å². The molecule has 92 heavy (non-hydrogen) atoms. The lowest BCUT2D eigenvalue weighted by Crippen LogP contribution is -2.16. The molecule has 33 nitrogen and oxygen atoms in total. The van der Waals surface area contributed by atoms with Crippen molar-refractivity contribution in [3.05, 3.63) is 179 Å². The number of H-pyrrole nitrogens is 1. The summed E-state index contributed by atoms with van der Waals surface area (Å²) < 4.78 is 45.1. The van der Waals surface area contributed by atoms with Crippen molar-refractivity contribution in [3.8, 4) is 11.5 Å². The van der Waals surface area contributed by atoms with Crippen molar-refractivity contribution in [2.75, 3.05) is 60.5 Å². The van der Waals surface area contributed by atoms with Gasteiger partial charge in [-0.15, -0.1) is 15.3 Å². The minimum absolute atomic E-state index is 0.00847. The topological polar surface area (TPSA) is 468 Å². The van der Waals surface area contributed by atoms with E-state index in [9.17, 15) is 38.6 Å². The lowest BCUT2D eigenvalue weighted by molar-refractivity contribution is -0.385. The summed E-state index contributed by atoms with van der Waals surface area (Å²) in [6.45, 7) is 6.41. The first-order chi connectivity index (χ1) is 43.9. The molecule has 0 aliphatic heterocycles. The number of hydrogen-bond donors (Lipinski definition) is 10. The van der Waals surface area contributed by atoms with Gasteiger partial charge in [0, 0.05) is 57.2 Å². The highest BCUT2D eigenvalue weighted by molar-refractivity contribution is 9.09. The second kappa shape index (κ2) is 38.6. The van der Waals surface area contributed by atoms with E-state index in [0.717, 1.165) is 18.5 Å². The van der Waals surface area contributed by atoms with E-state index in [1.165, 1.54) is 69.2 Å². The van der Waals surface area contributed by atoms with E-state index < -0.39 is 45.5 Å². The standard InChI is InChI=1S/C19H18Cl2FN5O3.C18H17Cl2FN6O3.C5H7N3O3.C5H9N3O.C3H3N3O2.C2H5BrO/c1-10-16(30-11(2)17-13(20)3-4-14(22)18(17)21)7-15(26-25-10)19(29)24-12-8-23-27(9-12)5-6-28;1-9(15-11(19)2-3-12(21)16(15)20)30-14-6-13(25-26-17(14)22)18(29)24-10-7-23-27(8-10)4-5-28;9-2-1-7-4-5(3-6-7)8(10)11;6-5-3-7-8(4-5)1-2-9;7-6(8)3-1-4-5-2-3;3-1-2-4/h3-4,7-9,11,28H,5-6H2,1-2H3,(H,24,29);2-3,6-9,28H,4-5H2,1H3,(H2,22,26)(H,24,29);3-4,9H,1-2H2;3-4,9H,1-2,6H2;1-2H,(H,4,5);4H,1-2H2. The van der Waals surface area contributed by atoms with Gasteiger partial charge in [0.2, 0.25) is 0 Å². The molecular weight excluding hydrogens is 1370 g/mol. The molecule has 0 fully saturated rings. The number of ether oxygens (including phenoxy) is 2. The molecule has 2 aromatic carbocycles. The number of aliphatic hydroxyl groups is 5. The maximum atomic E-state index is 13.8. The fourth-order valence-corrected chi connectivity index (χ4v) is 8.26. The number of nitrogen functional groups attached to an aromatic ring is 2. The number of carbonyl (C=O) groups is 2. The number of rotatable bonds is 21. The molecule has 12 N–H and O–H groups in total. The van der Waals surface area contributed by atoms with Crippen molar-refractivity contribution in [2.24, 2.45) is 0 Å². The third-order valence-corrected chi connectivity index (χ3v) is 12.9. The molecule has 0 aliphatic carbocycles. The van der Waals surface area contributed by atoms with Crippen LogP contribution in [0.3, 0.4) is 0 Å². The number of aromatic nitrogens is 14. The van der Waals surface area contributed by atoms with Crippen LogP contribution in [-0.2, 0) is 26.2 Å². The van der Waals surface area contributed by atoms with Crippen molar-refractivity contribution < 1.29 is 63.2 Å². The number of aromatic amines is 1. The number of anilines is 4. The fourth-order valence-electron chi connectivity index (χ4n) is 6.90. The zero-order valence-electron chi connectivity index (χ0n) is 48.5. The average Bonchev–Trinajstić information content (AvgIpc) is 1.46. The number of halogens is 7. The van der Waals surface area contributed by atoms with Crippen molar-refractivity contribution in [1.82, 2.24) is 69.7 Å². The molecule has 7 heterocycles. The summed E-state index contributed by atoms with van der Waals surface area (Å²) in [6, 6.07) is 7.80. The highest BCUT2D eigenvalue weighted by atomic mass is 79.9. The molecule has 2 unspecified atom stereocenters. The molecule has 0 bridgehead atoms. The molecule has 0 aliphatic rings. The highest BCUT2D eigenvalue weighted by Crippen LogP contribution is 2.37. The molecule has 9 aromatic rings. The fraction of sp³-hybridized carbons (Fsp3) is 0.288. The Morgan fingerprint density at radius 2 is 1.05 bits per heavy atom. The molecule has 7 aromatic heterocycles. The summed E-state index contributed by atoms with van der Waals surface area (Å²) >= 11 is 27.3. The van der Waals surface area contributed by atoms with Gasteiger partial charge in [0.25, 0.3) is 11.8 Å². The van der Waals surface area contributed by atoms with Crippen LogP contribution in [0.5, 0.6) is 11.5 Å². The summed E-state index contributed by atoms with van der Waals surface area (Å²) in [7, 11) is 0. The van der Waals surface area contributed by atoms with Gasteiger partial charge in [-0.05, 0) is 45.0 Å². The quantitative estimate of drug-likeness (QED) is 0.0152. The van der Waals surface area contributed by atoms with E-state index in [0.29, 0.717) is 47.7 Å². The molecule has 0 saturated heterocycles. The Bertz CT molecular complexity index is 3640. The molecule has 40 heteroatoms. The Hall–Kier alpha value is -9.11. The number of nitrogens with zero attached hydrogens (tertiary/aromatic N) is 15. The maximum Gasteiger partial charge on any atom is 0.306 e. The van der Waals surface area contributed by atoms with Gasteiger partial charge >= 0.3 is 11.4 Å². The van der Waals surface area contributed by atoms with E-state index in [-0.39, 0.29) is 111 Å². The van der Waals surface area contributed by atoms with Gasteiger partial charge in [-0.1, -0.05) is 62.3 Å². The van der Waals surface area contributed by atoms with Gasteiger partial charge < -0.3 is 57.1 Å². The largest absolute Gasteiger partial charge is 0.484 e. The number of carbonyl (C=O) groups excluding carboxylic acids is 2. The van der Waals surface area contributed by atoms with E-state index in [1.54, 1.807) is 50.2 Å². The van der Waals surface area contributed by atoms with Crippen LogP contribution in [0.15, 0.2) is 98.4 Å². The first kappa shape index (κ1) is 75.3. The smallest absolute Gasteiger partial charge is 0.306 e. The Kier molecular flexibility index (Phi) is 31.6. The Labute approximate surface area is 548 Å². The molecule has 0 radical (unpaired) electrons. The summed E-state index contributed by atoms with van der Waals surface area (Å²) in [5.41, 5.74) is 13.4. The van der Waals surface area contributed by atoms with Crippen LogP contribution >= 0.6 is 62.3 Å². The SMILES string of the molecule is CC(Oc1cc(C(=O)Nc2cnn(CCO)c2)nnc1N)c1c(Cl)ccc(F)c1Cl.Cc1nnc(C(=O)Nc2cnn(CCO)c2)cc1OC(C)c1c(Cl)ccc(F)c1Cl.Nc1cnn(CCO)c1.O=[N+]([O-])c1cn[nH]c1.O=[N+]([O-])c1cnn(CCO)c1.OCCBr. The minimum atomic E-state index is -0.792. The number of hydrogen-bond acceptors (Lipinski definition) is 24. The summed E-state index contributed by atoms with van der Waals surface area (Å²) in [6.07, 6.45) is 12.5. The summed E-state index contributed by atoms with van der Waals surface area (Å²) in [4.78, 5) is 43.8. The van der Waals surface area contributed by atoms with E-state index in [2.05, 4.69) is 77.6 Å². The van der Waals surface area contributed by atoms with Crippen LogP contribution in [0.2, 0.25) is 20.1 Å². The first-order valence-electron chi connectivity index (χ1n) is 26.3. The number of alkyl halides is 1. The number of amides is 2. The minimum Gasteiger partial charge on any atom is -0.484 e. The average molecular weight is 1430 g/mol. The van der Waals surface area contributed by atoms with Crippen LogP contribution in [0, 0.1) is 38.8 Å². The van der Waals surface area contributed by atoms with Gasteiger partial charge in [0.15, 0.2) is 23.0 Å². The lowest BCUT2D eigenvalue weighted by Gasteiger charge is -2.19. The van der Waals surface area contributed by atoms with E-state index in [4.69, 9.17) is 92.9 Å². The van der Waals surface area contributed by atoms with Crippen LogP contribution in [0.1, 0.15) is 63.9 Å². The summed E-state index contributed by atoms with van der Waals surface area (Å²) in [5, 5.41) is 105. The van der Waals surface area contributed by atoms with Gasteiger partial charge in [0.05, 0.1) is 121 Å². The Morgan fingerprint density at radius 3 is 1.46 bits per heavy atom. The molecule has 2 atom stereocenters. The monoisotopic (exact) mass is 1430 g/mol. The van der Waals surface area contributed by atoms with Gasteiger partial charge in [-0.2, -0.15) is 30.6 Å². The second-order valence-electron chi connectivity index (χ2n) is 17.9. The van der Waals surface area contributed by atoms with E-state index in [1.807, 2.05) is 0 Å². The summed E-state index contributed by atoms with van der Waals surface area (Å²) in [5.74, 6) is -2.11. The van der Waals surface area contributed by atoms with Crippen LogP contribution in [0.25, 0.3) is 0 Å². The Balaban J connectivity index is 0.000000267. The van der Waals surface area contributed by atoms with E-state index >= 15 is 0 Å². The third kappa shape index (κ3) is 23.9. The van der Waals surface area contributed by atoms with Gasteiger partial charge in [-0.25, -0.2) is 8.78 Å². The van der Waals surface area contributed by atoms with Gasteiger partial charge in [-0.3, -0.25) is 53.6 Å². The zero-order chi connectivity index (χ0) is 68.0. The van der Waals surface area contributed by atoms with Crippen molar-refractivity contribution in [1.29, 1.82) is 0 Å². The van der Waals surface area contributed by atoms with Crippen LogP contribution in [0.4, 0.5) is 43.0 Å². The predicted octanol–water partition coefficient (Wildman–Crippen LogP) is 6.83. The highest BCUT2D eigenvalue weighted by Gasteiger charge is 2.23. The van der Waals surface area contributed by atoms with Crippen molar-refractivity contribution in [2.45, 2.75) is 59.2 Å².